The van der Waals surface area contributed by atoms with Gasteiger partial charge in [-0.05, 0) is 31.0 Å². The average molecular weight is 318 g/mol. The number of carbonyl (C=O) groups excluding carboxylic acids is 2. The Kier molecular flexibility index (Phi) is 6.44. The van der Waals surface area contributed by atoms with Gasteiger partial charge in [0.2, 0.25) is 5.91 Å². The summed E-state index contributed by atoms with van der Waals surface area (Å²) in [4.78, 5) is 28.5. The molecular formula is C18H26N2O3. The van der Waals surface area contributed by atoms with Crippen LogP contribution in [0, 0.1) is 0 Å². The normalized spacial score (nSPS) is 15.2. The van der Waals surface area contributed by atoms with Gasteiger partial charge < -0.3 is 14.5 Å². The zero-order valence-corrected chi connectivity index (χ0v) is 14.1. The molecule has 0 unspecified atom stereocenters. The lowest BCUT2D eigenvalue weighted by atomic mass is 10.2. The molecule has 1 aromatic carbocycles. The fraction of sp³-hybridized carbons (Fsp3) is 0.556. The van der Waals surface area contributed by atoms with Gasteiger partial charge in [0, 0.05) is 38.2 Å². The second kappa shape index (κ2) is 8.56. The van der Waals surface area contributed by atoms with E-state index in [-0.39, 0.29) is 11.8 Å². The van der Waals surface area contributed by atoms with Crippen molar-refractivity contribution < 1.29 is 14.3 Å². The molecule has 126 valence electrons. The van der Waals surface area contributed by atoms with Gasteiger partial charge in [-0.2, -0.15) is 0 Å². The highest BCUT2D eigenvalue weighted by Crippen LogP contribution is 2.16. The molecule has 0 spiro atoms. The predicted octanol–water partition coefficient (Wildman–Crippen LogP) is 2.56. The first-order chi connectivity index (χ1) is 11.2. The van der Waals surface area contributed by atoms with Gasteiger partial charge in [-0.25, -0.2) is 0 Å². The van der Waals surface area contributed by atoms with Crippen molar-refractivity contribution in [3.8, 4) is 5.75 Å². The topological polar surface area (TPSA) is 49.9 Å². The predicted molar refractivity (Wildman–Crippen MR) is 89.6 cm³/mol. The Morgan fingerprint density at radius 3 is 2.61 bits per heavy atom. The number of unbranched alkanes of at least 4 members (excludes halogenated alkanes) is 1. The summed E-state index contributed by atoms with van der Waals surface area (Å²) in [6.45, 7) is 4.73. The molecule has 1 aromatic rings. The van der Waals surface area contributed by atoms with Gasteiger partial charge in [-0.15, -0.1) is 0 Å². The molecule has 5 nitrogen and oxygen atoms in total. The van der Waals surface area contributed by atoms with Crippen LogP contribution in [0.4, 0.5) is 0 Å². The number of carbonyl (C=O) groups is 2. The van der Waals surface area contributed by atoms with E-state index in [9.17, 15) is 9.59 Å². The quantitative estimate of drug-likeness (QED) is 0.838. The van der Waals surface area contributed by atoms with Gasteiger partial charge in [0.05, 0.1) is 7.11 Å². The van der Waals surface area contributed by atoms with E-state index in [4.69, 9.17) is 4.74 Å². The van der Waals surface area contributed by atoms with Gasteiger partial charge in [0.25, 0.3) is 5.91 Å². The summed E-state index contributed by atoms with van der Waals surface area (Å²) in [6.07, 6.45) is 3.40. The Morgan fingerprint density at radius 2 is 1.87 bits per heavy atom. The van der Waals surface area contributed by atoms with Gasteiger partial charge in [0.15, 0.2) is 0 Å². The van der Waals surface area contributed by atoms with Crippen molar-refractivity contribution in [2.24, 2.45) is 0 Å². The number of nitrogens with zero attached hydrogens (tertiary/aromatic N) is 2. The Bertz CT molecular complexity index is 545. The fourth-order valence-electron chi connectivity index (χ4n) is 2.79. The minimum atomic E-state index is 0.00626. The molecule has 0 radical (unpaired) electrons. The molecule has 0 bridgehead atoms. The lowest BCUT2D eigenvalue weighted by Gasteiger charge is -2.22. The fourth-order valence-corrected chi connectivity index (χ4v) is 2.79. The first-order valence-electron chi connectivity index (χ1n) is 8.36. The Balaban J connectivity index is 1.96. The number of hydrogen-bond donors (Lipinski definition) is 0. The van der Waals surface area contributed by atoms with Crippen molar-refractivity contribution in [2.75, 3.05) is 33.3 Å². The third kappa shape index (κ3) is 4.71. The van der Waals surface area contributed by atoms with E-state index in [1.165, 1.54) is 0 Å². The molecule has 1 aliphatic rings. The van der Waals surface area contributed by atoms with Crippen LogP contribution in [0.25, 0.3) is 0 Å². The van der Waals surface area contributed by atoms with Crippen molar-refractivity contribution >= 4 is 11.8 Å². The summed E-state index contributed by atoms with van der Waals surface area (Å²) in [5, 5.41) is 0. The minimum Gasteiger partial charge on any atom is -0.497 e. The van der Waals surface area contributed by atoms with E-state index in [0.717, 1.165) is 25.8 Å². The number of ether oxygens (including phenoxy) is 1. The third-order valence-corrected chi connectivity index (χ3v) is 4.20. The summed E-state index contributed by atoms with van der Waals surface area (Å²) in [7, 11) is 1.59. The molecule has 0 aromatic heterocycles. The van der Waals surface area contributed by atoms with E-state index in [2.05, 4.69) is 6.92 Å². The minimum absolute atomic E-state index is 0.00626. The van der Waals surface area contributed by atoms with Crippen LogP contribution >= 0.6 is 0 Å². The van der Waals surface area contributed by atoms with E-state index >= 15 is 0 Å². The first-order valence-corrected chi connectivity index (χ1v) is 8.36. The number of methoxy groups -OCH3 is 1. The molecule has 2 rings (SSSR count). The Morgan fingerprint density at radius 1 is 1.13 bits per heavy atom. The Hall–Kier alpha value is -2.04. The molecule has 23 heavy (non-hydrogen) atoms. The van der Waals surface area contributed by atoms with E-state index in [1.54, 1.807) is 19.2 Å². The number of benzene rings is 1. The number of hydrogen-bond acceptors (Lipinski definition) is 3. The van der Waals surface area contributed by atoms with Gasteiger partial charge in [-0.1, -0.05) is 19.4 Å². The molecule has 1 fully saturated rings. The molecule has 2 amide bonds. The van der Waals surface area contributed by atoms with E-state index < -0.39 is 0 Å². The lowest BCUT2D eigenvalue weighted by Crippen LogP contribution is -2.37. The molecule has 0 atom stereocenters. The average Bonchev–Trinajstić information content (AvgIpc) is 2.85. The van der Waals surface area contributed by atoms with Gasteiger partial charge in [-0.3, -0.25) is 9.59 Å². The maximum atomic E-state index is 12.6. The highest BCUT2D eigenvalue weighted by molar-refractivity contribution is 5.94. The summed E-state index contributed by atoms with van der Waals surface area (Å²) < 4.78 is 5.18. The summed E-state index contributed by atoms with van der Waals surface area (Å²) in [5.74, 6) is 0.899. The molecule has 1 saturated heterocycles. The summed E-state index contributed by atoms with van der Waals surface area (Å²) in [6, 6.07) is 7.22. The lowest BCUT2D eigenvalue weighted by molar-refractivity contribution is -0.131. The molecule has 5 heteroatoms. The van der Waals surface area contributed by atoms with Crippen LogP contribution in [0.15, 0.2) is 24.3 Å². The first kappa shape index (κ1) is 17.3. The number of amides is 2. The van der Waals surface area contributed by atoms with Crippen LogP contribution in [0.2, 0.25) is 0 Å². The molecular weight excluding hydrogens is 292 g/mol. The van der Waals surface area contributed by atoms with Crippen molar-refractivity contribution in [1.29, 1.82) is 0 Å². The zero-order valence-electron chi connectivity index (χ0n) is 14.1. The third-order valence-electron chi connectivity index (χ3n) is 4.20. The van der Waals surface area contributed by atoms with Crippen molar-refractivity contribution in [3.63, 3.8) is 0 Å². The maximum Gasteiger partial charge on any atom is 0.254 e. The van der Waals surface area contributed by atoms with Crippen molar-refractivity contribution in [1.82, 2.24) is 9.80 Å². The highest BCUT2D eigenvalue weighted by atomic mass is 16.5. The van der Waals surface area contributed by atoms with Gasteiger partial charge in [0.1, 0.15) is 5.75 Å². The Labute approximate surface area is 138 Å². The molecule has 0 N–H and O–H groups in total. The van der Waals surface area contributed by atoms with E-state index in [1.807, 2.05) is 21.9 Å². The standard InChI is InChI=1S/C18H26N2O3/c1-3-4-9-17(21)19-10-6-11-20(13-12-19)18(22)15-7-5-8-16(14-15)23-2/h5,7-8,14H,3-4,6,9-13H2,1-2H3. The van der Waals surface area contributed by atoms with E-state index in [0.29, 0.717) is 37.4 Å². The smallest absolute Gasteiger partial charge is 0.254 e. The summed E-state index contributed by atoms with van der Waals surface area (Å²) in [5.41, 5.74) is 0.634. The van der Waals surface area contributed by atoms with Crippen LogP contribution in [-0.2, 0) is 4.79 Å². The highest BCUT2D eigenvalue weighted by Gasteiger charge is 2.22. The molecule has 0 aliphatic carbocycles. The van der Waals surface area contributed by atoms with Crippen molar-refractivity contribution in [3.05, 3.63) is 29.8 Å². The van der Waals surface area contributed by atoms with Crippen LogP contribution in [0.1, 0.15) is 43.0 Å². The van der Waals surface area contributed by atoms with Crippen LogP contribution in [0.3, 0.4) is 0 Å². The van der Waals surface area contributed by atoms with Crippen molar-refractivity contribution in [2.45, 2.75) is 32.6 Å². The molecule has 1 heterocycles. The largest absolute Gasteiger partial charge is 0.497 e. The maximum absolute atomic E-state index is 12.6. The second-order valence-corrected chi connectivity index (χ2v) is 5.86. The monoisotopic (exact) mass is 318 g/mol. The SMILES string of the molecule is CCCCC(=O)N1CCCN(C(=O)c2cccc(OC)c2)CC1. The molecule has 1 aliphatic heterocycles. The van der Waals surface area contributed by atoms with Crippen LogP contribution in [0.5, 0.6) is 5.75 Å². The number of rotatable bonds is 5. The zero-order chi connectivity index (χ0) is 16.7. The second-order valence-electron chi connectivity index (χ2n) is 5.86. The van der Waals surface area contributed by atoms with Gasteiger partial charge >= 0.3 is 0 Å². The summed E-state index contributed by atoms with van der Waals surface area (Å²) >= 11 is 0. The van der Waals surface area contributed by atoms with Crippen LogP contribution < -0.4 is 4.74 Å². The molecule has 0 saturated carbocycles. The van der Waals surface area contributed by atoms with Crippen LogP contribution in [-0.4, -0.2) is 54.9 Å².